The molecule has 2 aromatic carbocycles. The van der Waals surface area contributed by atoms with Gasteiger partial charge in [-0.05, 0) is 39.5 Å². The number of hydrogen-bond acceptors (Lipinski definition) is 2. The summed E-state index contributed by atoms with van der Waals surface area (Å²) in [6.45, 7) is 21.3. The molecule has 0 fully saturated rings. The monoisotopic (exact) mass is 447 g/mol. The number of rotatable bonds is 0. The van der Waals surface area contributed by atoms with Crippen LogP contribution >= 0.6 is 0 Å². The van der Waals surface area contributed by atoms with Gasteiger partial charge < -0.3 is 0 Å². The van der Waals surface area contributed by atoms with E-state index >= 15 is 0 Å². The highest BCUT2D eigenvalue weighted by molar-refractivity contribution is 6.66. The molecule has 0 aliphatic heterocycles. The first-order chi connectivity index (χ1) is 15.4. The summed E-state index contributed by atoms with van der Waals surface area (Å²) in [7, 11) is 8.90. The second kappa shape index (κ2) is 6.53. The zero-order valence-electron chi connectivity index (χ0n) is 23.5. The number of benzene rings is 2. The fourth-order valence-electron chi connectivity index (χ4n) is 6.36. The average Bonchev–Trinajstić information content (AvgIpc) is 3.15. The summed E-state index contributed by atoms with van der Waals surface area (Å²) in [6, 6.07) is 4.82. The lowest BCUT2D eigenvalue weighted by atomic mass is 9.59. The van der Waals surface area contributed by atoms with Crippen molar-refractivity contribution in [2.24, 2.45) is 5.41 Å². The van der Waals surface area contributed by atoms with E-state index < -0.39 is 0 Å². The van der Waals surface area contributed by atoms with E-state index in [2.05, 4.69) is 110 Å². The van der Waals surface area contributed by atoms with Gasteiger partial charge in [0.15, 0.2) is 0 Å². The first-order valence-electron chi connectivity index (χ1n) is 12.7. The molecule has 5 rings (SSSR count). The van der Waals surface area contributed by atoms with E-state index in [9.17, 15) is 0 Å². The second-order valence-corrected chi connectivity index (χ2v) is 13.4. The van der Waals surface area contributed by atoms with Crippen molar-refractivity contribution in [1.29, 1.82) is 0 Å². The lowest BCUT2D eigenvalue weighted by Crippen LogP contribution is -2.48. The Kier molecular flexibility index (Phi) is 4.53. The van der Waals surface area contributed by atoms with Gasteiger partial charge in [-0.2, -0.15) is 0 Å². The fourth-order valence-corrected chi connectivity index (χ4v) is 6.36. The smallest absolute Gasteiger partial charge is 0.148 e. The van der Waals surface area contributed by atoms with Crippen molar-refractivity contribution in [3.63, 3.8) is 0 Å². The molecule has 1 aliphatic rings. The summed E-state index contributed by atoms with van der Waals surface area (Å²) in [5.41, 5.74) is 12.7. The van der Waals surface area contributed by atoms with Gasteiger partial charge in [-0.1, -0.05) is 78.7 Å². The fraction of sp³-hybridized carbons (Fsp3) is 0.481. The van der Waals surface area contributed by atoms with Gasteiger partial charge >= 0.3 is 0 Å². The maximum atomic E-state index is 5.37. The quantitative estimate of drug-likeness (QED) is 0.355. The maximum absolute atomic E-state index is 5.37. The molecular formula is C27H37B4N3. The van der Waals surface area contributed by atoms with E-state index in [4.69, 9.17) is 9.97 Å². The van der Waals surface area contributed by atoms with Gasteiger partial charge in [0.25, 0.3) is 0 Å². The van der Waals surface area contributed by atoms with E-state index in [0.29, 0.717) is 0 Å². The predicted molar refractivity (Wildman–Crippen MR) is 159 cm³/mol. The van der Waals surface area contributed by atoms with Crippen LogP contribution in [0.5, 0.6) is 0 Å². The third-order valence-electron chi connectivity index (χ3n) is 10.2. The standard InChI is InChI=1S/C27H37B4N3/c1-24(2,3)23-33-21-16(17(28)18(29)19(30)20(21)31)22-32-14-10-12-13(11-15(14)34(22)23)26(6,7)27(8,9)25(12,4)5/h10-11H,28-31H2,1-9H3. The van der Waals surface area contributed by atoms with E-state index in [0.717, 1.165) is 22.5 Å². The van der Waals surface area contributed by atoms with Crippen molar-refractivity contribution in [3.05, 3.63) is 29.1 Å². The summed E-state index contributed by atoms with van der Waals surface area (Å²) in [4.78, 5) is 10.7. The van der Waals surface area contributed by atoms with Crippen LogP contribution in [0.15, 0.2) is 12.1 Å². The van der Waals surface area contributed by atoms with Gasteiger partial charge in [0.1, 0.15) is 42.9 Å². The highest BCUT2D eigenvalue weighted by Crippen LogP contribution is 2.61. The van der Waals surface area contributed by atoms with Crippen LogP contribution in [-0.4, -0.2) is 45.8 Å². The van der Waals surface area contributed by atoms with Crippen LogP contribution in [-0.2, 0) is 16.2 Å². The minimum atomic E-state index is -0.119. The van der Waals surface area contributed by atoms with E-state index in [-0.39, 0.29) is 21.7 Å². The molecule has 0 saturated carbocycles. The molecule has 172 valence electrons. The molecule has 2 aromatic heterocycles. The molecule has 2 heterocycles. The Hall–Kier alpha value is -2.16. The molecule has 34 heavy (non-hydrogen) atoms. The molecule has 1 aliphatic carbocycles. The molecule has 0 atom stereocenters. The van der Waals surface area contributed by atoms with Crippen molar-refractivity contribution in [2.45, 2.75) is 78.6 Å². The minimum absolute atomic E-state index is 0.0521. The summed E-state index contributed by atoms with van der Waals surface area (Å²) in [6.07, 6.45) is 0. The third kappa shape index (κ3) is 2.59. The normalized spacial score (nSPS) is 18.7. The first kappa shape index (κ1) is 23.6. The first-order valence-corrected chi connectivity index (χ1v) is 12.7. The molecular weight excluding hydrogens is 410 g/mol. The Bertz CT molecular complexity index is 1550. The molecule has 3 nitrogen and oxygen atoms in total. The highest BCUT2D eigenvalue weighted by atomic mass is 15.1. The minimum Gasteiger partial charge on any atom is -0.279 e. The molecule has 0 unspecified atom stereocenters. The van der Waals surface area contributed by atoms with Crippen LogP contribution in [0, 0.1) is 5.41 Å². The molecule has 4 aromatic rings. The number of nitrogens with zero attached hydrogens (tertiary/aromatic N) is 3. The third-order valence-corrected chi connectivity index (χ3v) is 10.2. The predicted octanol–water partition coefficient (Wildman–Crippen LogP) is -0.0382. The number of imidazole rings is 1. The largest absolute Gasteiger partial charge is 0.279 e. The highest BCUT2D eigenvalue weighted by Gasteiger charge is 2.57. The van der Waals surface area contributed by atoms with Crippen LogP contribution < -0.4 is 21.9 Å². The zero-order valence-corrected chi connectivity index (χ0v) is 23.5. The van der Waals surface area contributed by atoms with Crippen molar-refractivity contribution in [2.75, 3.05) is 0 Å². The van der Waals surface area contributed by atoms with Crippen molar-refractivity contribution < 1.29 is 0 Å². The molecule has 0 N–H and O–H groups in total. The van der Waals surface area contributed by atoms with Crippen LogP contribution in [0.25, 0.3) is 27.6 Å². The second-order valence-electron chi connectivity index (χ2n) is 13.4. The molecule has 7 heteroatoms. The Morgan fingerprint density at radius 3 is 1.82 bits per heavy atom. The van der Waals surface area contributed by atoms with Crippen molar-refractivity contribution >= 4 is 80.8 Å². The molecule has 0 saturated heterocycles. The van der Waals surface area contributed by atoms with Gasteiger partial charge in [0, 0.05) is 10.8 Å². The average molecular weight is 447 g/mol. The zero-order chi connectivity index (χ0) is 25.3. The van der Waals surface area contributed by atoms with Crippen molar-refractivity contribution in [1.82, 2.24) is 14.4 Å². The molecule has 0 radical (unpaired) electrons. The van der Waals surface area contributed by atoms with Crippen molar-refractivity contribution in [3.8, 4) is 0 Å². The number of hydrogen-bond donors (Lipinski definition) is 0. The van der Waals surface area contributed by atoms with E-state index in [1.54, 1.807) is 0 Å². The van der Waals surface area contributed by atoms with Crippen LogP contribution in [0.2, 0.25) is 0 Å². The van der Waals surface area contributed by atoms with Gasteiger partial charge in [-0.3, -0.25) is 4.40 Å². The summed E-state index contributed by atoms with van der Waals surface area (Å²) in [5.74, 6) is 1.08. The Morgan fingerprint density at radius 1 is 0.735 bits per heavy atom. The lowest BCUT2D eigenvalue weighted by Gasteiger charge is -2.44. The SMILES string of the molecule is Bc1c(B)c(B)c2c(nc(C(C)(C)C)n3c4cc5c(cc4nc23)C(C)(C)C(C)(C)C5(C)C)c1B. The van der Waals surface area contributed by atoms with Crippen LogP contribution in [0.4, 0.5) is 0 Å². The summed E-state index contributed by atoms with van der Waals surface area (Å²) >= 11 is 0. The summed E-state index contributed by atoms with van der Waals surface area (Å²) in [5, 5.41) is 1.20. The van der Waals surface area contributed by atoms with E-state index in [1.807, 2.05) is 0 Å². The lowest BCUT2D eigenvalue weighted by molar-refractivity contribution is 0.125. The Labute approximate surface area is 208 Å². The van der Waals surface area contributed by atoms with Crippen LogP contribution in [0.3, 0.4) is 0 Å². The van der Waals surface area contributed by atoms with Crippen LogP contribution in [0.1, 0.15) is 79.3 Å². The van der Waals surface area contributed by atoms with E-state index in [1.165, 1.54) is 43.9 Å². The molecule has 0 spiro atoms. The van der Waals surface area contributed by atoms with Gasteiger partial charge in [-0.15, -0.1) is 5.46 Å². The number of fused-ring (bicyclic) bond motifs is 6. The van der Waals surface area contributed by atoms with Gasteiger partial charge in [-0.25, -0.2) is 9.97 Å². The summed E-state index contributed by atoms with van der Waals surface area (Å²) < 4.78 is 2.37. The van der Waals surface area contributed by atoms with Gasteiger partial charge in [0.2, 0.25) is 0 Å². The number of aromatic nitrogens is 3. The maximum Gasteiger partial charge on any atom is 0.148 e. The Morgan fingerprint density at radius 2 is 1.26 bits per heavy atom. The molecule has 0 amide bonds. The molecule has 0 bridgehead atoms. The topological polar surface area (TPSA) is 30.2 Å². The Balaban J connectivity index is 2.05. The van der Waals surface area contributed by atoms with Gasteiger partial charge in [0.05, 0.1) is 16.6 Å².